The Balaban J connectivity index is 2.78. The summed E-state index contributed by atoms with van der Waals surface area (Å²) in [6.45, 7) is 3.83. The van der Waals surface area contributed by atoms with E-state index in [4.69, 9.17) is 16.7 Å². The van der Waals surface area contributed by atoms with Gasteiger partial charge in [0.2, 0.25) is 0 Å². The molecule has 5 heteroatoms. The largest absolute Gasteiger partial charge is 0.479 e. The predicted molar refractivity (Wildman–Crippen MR) is 69.9 cm³/mol. The monoisotopic (exact) mass is 267 g/mol. The lowest BCUT2D eigenvalue weighted by Crippen LogP contribution is -2.16. The molecular formula is C13H14ClNO3. The molecule has 0 saturated heterocycles. The molecule has 1 unspecified atom stereocenters. The van der Waals surface area contributed by atoms with Crippen molar-refractivity contribution in [2.45, 2.75) is 26.0 Å². The van der Waals surface area contributed by atoms with Crippen LogP contribution in [0.4, 0.5) is 0 Å². The molecule has 0 aliphatic heterocycles. The number of benzene rings is 1. The van der Waals surface area contributed by atoms with Crippen LogP contribution in [0.3, 0.4) is 0 Å². The Hall–Kier alpha value is -1.52. The fourth-order valence-corrected chi connectivity index (χ4v) is 2.43. The van der Waals surface area contributed by atoms with E-state index in [1.54, 1.807) is 22.8 Å². The molecule has 0 bridgehead atoms. The fraction of sp³-hybridized carbons (Fsp3) is 0.308. The Morgan fingerprint density at radius 1 is 1.39 bits per heavy atom. The number of para-hydroxylation sites is 1. The van der Waals surface area contributed by atoms with Crippen LogP contribution in [0.5, 0.6) is 0 Å². The highest BCUT2D eigenvalue weighted by atomic mass is 35.5. The predicted octanol–water partition coefficient (Wildman–Crippen LogP) is 2.99. The van der Waals surface area contributed by atoms with Crippen LogP contribution < -0.4 is 0 Å². The zero-order valence-corrected chi connectivity index (χ0v) is 10.8. The second-order valence-corrected chi connectivity index (χ2v) is 4.86. The highest BCUT2D eigenvalue weighted by Crippen LogP contribution is 2.32. The molecule has 1 aromatic heterocycles. The number of aliphatic hydroxyl groups is 1. The molecule has 96 valence electrons. The minimum absolute atomic E-state index is 0.00593. The van der Waals surface area contributed by atoms with Gasteiger partial charge in [0, 0.05) is 11.4 Å². The molecule has 0 spiro atoms. The Bertz CT molecular complexity index is 604. The van der Waals surface area contributed by atoms with Gasteiger partial charge in [0.1, 0.15) is 0 Å². The van der Waals surface area contributed by atoms with Crippen LogP contribution in [-0.4, -0.2) is 20.7 Å². The summed E-state index contributed by atoms with van der Waals surface area (Å²) >= 11 is 6.15. The van der Waals surface area contributed by atoms with Crippen LogP contribution in [0, 0.1) is 0 Å². The summed E-state index contributed by atoms with van der Waals surface area (Å²) in [7, 11) is 0. The zero-order chi connectivity index (χ0) is 13.4. The third-order valence-electron chi connectivity index (χ3n) is 2.87. The van der Waals surface area contributed by atoms with Gasteiger partial charge in [-0.15, -0.1) is 0 Å². The van der Waals surface area contributed by atoms with E-state index in [1.165, 1.54) is 0 Å². The van der Waals surface area contributed by atoms with Crippen molar-refractivity contribution in [2.75, 3.05) is 0 Å². The second kappa shape index (κ2) is 4.63. The minimum atomic E-state index is -1.55. The van der Waals surface area contributed by atoms with E-state index < -0.39 is 12.1 Å². The van der Waals surface area contributed by atoms with E-state index in [-0.39, 0.29) is 6.04 Å². The first-order valence-corrected chi connectivity index (χ1v) is 6.01. The standard InChI is InChI=1S/C13H14ClNO3/c1-7(2)15-10(12(16)13(17)18)6-8-4-3-5-9(14)11(8)15/h3-7,12,16H,1-2H3,(H,17,18). The van der Waals surface area contributed by atoms with Crippen LogP contribution in [0.2, 0.25) is 5.02 Å². The first-order chi connectivity index (χ1) is 8.43. The zero-order valence-electron chi connectivity index (χ0n) is 10.1. The number of rotatable bonds is 3. The number of aliphatic carboxylic acids is 1. The van der Waals surface area contributed by atoms with E-state index in [1.807, 2.05) is 19.9 Å². The maximum absolute atomic E-state index is 10.9. The number of fused-ring (bicyclic) bond motifs is 1. The first kappa shape index (κ1) is 12.9. The Labute approximate surface area is 109 Å². The van der Waals surface area contributed by atoms with Crippen molar-refractivity contribution in [1.29, 1.82) is 0 Å². The summed E-state index contributed by atoms with van der Waals surface area (Å²) in [5.74, 6) is -1.27. The van der Waals surface area contributed by atoms with E-state index in [2.05, 4.69) is 0 Å². The summed E-state index contributed by atoms with van der Waals surface area (Å²) in [5.41, 5.74) is 1.10. The van der Waals surface area contributed by atoms with E-state index >= 15 is 0 Å². The number of hydrogen-bond acceptors (Lipinski definition) is 2. The molecule has 2 rings (SSSR count). The summed E-state index contributed by atoms with van der Waals surface area (Å²) < 4.78 is 1.76. The third kappa shape index (κ3) is 1.98. The molecular weight excluding hydrogens is 254 g/mol. The average Bonchev–Trinajstić information content (AvgIpc) is 2.68. The number of carboxylic acids is 1. The summed E-state index contributed by atoms with van der Waals surface area (Å²) in [6, 6.07) is 7.07. The van der Waals surface area contributed by atoms with Crippen molar-refractivity contribution in [3.8, 4) is 0 Å². The lowest BCUT2D eigenvalue weighted by molar-refractivity contribution is -0.147. The van der Waals surface area contributed by atoms with Gasteiger partial charge >= 0.3 is 5.97 Å². The summed E-state index contributed by atoms with van der Waals surface area (Å²) in [5, 5.41) is 20.1. The van der Waals surface area contributed by atoms with E-state index in [9.17, 15) is 9.90 Å². The molecule has 0 radical (unpaired) electrons. The Kier molecular flexibility index (Phi) is 3.32. The molecule has 2 aromatic rings. The molecule has 0 fully saturated rings. The average molecular weight is 268 g/mol. The number of nitrogens with zero attached hydrogens (tertiary/aromatic N) is 1. The number of carbonyl (C=O) groups is 1. The van der Waals surface area contributed by atoms with Gasteiger partial charge in [-0.05, 0) is 26.0 Å². The SMILES string of the molecule is CC(C)n1c(C(O)C(=O)O)cc2cccc(Cl)c21. The fourth-order valence-electron chi connectivity index (χ4n) is 2.15. The van der Waals surface area contributed by atoms with Gasteiger partial charge in [-0.3, -0.25) is 0 Å². The van der Waals surface area contributed by atoms with Gasteiger partial charge in [0.15, 0.2) is 6.10 Å². The number of halogens is 1. The quantitative estimate of drug-likeness (QED) is 0.899. The van der Waals surface area contributed by atoms with Crippen LogP contribution in [0.15, 0.2) is 24.3 Å². The van der Waals surface area contributed by atoms with Crippen molar-refractivity contribution in [1.82, 2.24) is 4.57 Å². The van der Waals surface area contributed by atoms with Crippen LogP contribution in [0.1, 0.15) is 31.7 Å². The number of hydrogen-bond donors (Lipinski definition) is 2. The summed E-state index contributed by atoms with van der Waals surface area (Å²) in [6.07, 6.45) is -1.55. The number of aliphatic hydroxyl groups excluding tert-OH is 1. The Morgan fingerprint density at radius 3 is 2.61 bits per heavy atom. The molecule has 0 aliphatic carbocycles. The number of carboxylic acid groups (broad SMARTS) is 1. The lowest BCUT2D eigenvalue weighted by atomic mass is 10.2. The van der Waals surface area contributed by atoms with Crippen molar-refractivity contribution in [2.24, 2.45) is 0 Å². The molecule has 0 amide bonds. The molecule has 0 saturated carbocycles. The van der Waals surface area contributed by atoms with Gasteiger partial charge in [-0.1, -0.05) is 23.7 Å². The van der Waals surface area contributed by atoms with Crippen molar-refractivity contribution < 1.29 is 15.0 Å². The highest BCUT2D eigenvalue weighted by molar-refractivity contribution is 6.35. The van der Waals surface area contributed by atoms with Crippen molar-refractivity contribution in [3.05, 3.63) is 35.0 Å². The van der Waals surface area contributed by atoms with Crippen LogP contribution >= 0.6 is 11.6 Å². The molecule has 18 heavy (non-hydrogen) atoms. The minimum Gasteiger partial charge on any atom is -0.479 e. The topological polar surface area (TPSA) is 62.5 Å². The van der Waals surface area contributed by atoms with Crippen LogP contribution in [0.25, 0.3) is 10.9 Å². The first-order valence-electron chi connectivity index (χ1n) is 5.63. The normalized spacial score (nSPS) is 13.2. The second-order valence-electron chi connectivity index (χ2n) is 4.45. The molecule has 1 aromatic carbocycles. The van der Waals surface area contributed by atoms with Gasteiger partial charge in [0.05, 0.1) is 16.2 Å². The molecule has 1 atom stereocenters. The van der Waals surface area contributed by atoms with Gasteiger partial charge in [-0.2, -0.15) is 0 Å². The van der Waals surface area contributed by atoms with Gasteiger partial charge < -0.3 is 14.8 Å². The van der Waals surface area contributed by atoms with E-state index in [0.717, 1.165) is 10.9 Å². The van der Waals surface area contributed by atoms with Crippen LogP contribution in [-0.2, 0) is 4.79 Å². The molecule has 0 aliphatic rings. The molecule has 1 heterocycles. The smallest absolute Gasteiger partial charge is 0.338 e. The van der Waals surface area contributed by atoms with Gasteiger partial charge in [0.25, 0.3) is 0 Å². The summed E-state index contributed by atoms with van der Waals surface area (Å²) in [4.78, 5) is 10.9. The molecule has 4 nitrogen and oxygen atoms in total. The maximum Gasteiger partial charge on any atom is 0.338 e. The lowest BCUT2D eigenvalue weighted by Gasteiger charge is -2.16. The third-order valence-corrected chi connectivity index (χ3v) is 3.18. The highest BCUT2D eigenvalue weighted by Gasteiger charge is 2.24. The Morgan fingerprint density at radius 2 is 2.06 bits per heavy atom. The maximum atomic E-state index is 10.9. The molecule has 2 N–H and O–H groups in total. The van der Waals surface area contributed by atoms with Crippen molar-refractivity contribution in [3.63, 3.8) is 0 Å². The van der Waals surface area contributed by atoms with Crippen molar-refractivity contribution >= 4 is 28.5 Å². The van der Waals surface area contributed by atoms with E-state index in [0.29, 0.717) is 10.7 Å². The number of aromatic nitrogens is 1. The van der Waals surface area contributed by atoms with Gasteiger partial charge in [-0.25, -0.2) is 4.79 Å².